The van der Waals surface area contributed by atoms with Crippen molar-refractivity contribution in [2.24, 2.45) is 5.73 Å². The molecular weight excluding hydrogens is 188 g/mol. The van der Waals surface area contributed by atoms with Crippen molar-refractivity contribution in [1.82, 2.24) is 10.6 Å². The molecule has 14 heavy (non-hydrogen) atoms. The maximum Gasteiger partial charge on any atom is 0.321 e. The summed E-state index contributed by atoms with van der Waals surface area (Å²) in [5.41, 5.74) is 3.08. The standard InChI is InChI=1S/C7H12N4O3/c1-3-10-6(13)11-5(12)7(9,4-8)14-2/h3,9H2,1-2H3,(H2,10,11,12,13). The lowest BCUT2D eigenvalue weighted by Gasteiger charge is -2.17. The lowest BCUT2D eigenvalue weighted by atomic mass is 10.2. The molecule has 0 aromatic carbocycles. The monoisotopic (exact) mass is 200 g/mol. The molecule has 0 radical (unpaired) electrons. The van der Waals surface area contributed by atoms with Crippen molar-refractivity contribution in [1.29, 1.82) is 5.26 Å². The van der Waals surface area contributed by atoms with Crippen LogP contribution in [0.1, 0.15) is 6.92 Å². The van der Waals surface area contributed by atoms with Gasteiger partial charge in [-0.1, -0.05) is 0 Å². The molecule has 0 aliphatic rings. The molecule has 7 heteroatoms. The summed E-state index contributed by atoms with van der Waals surface area (Å²) in [6.45, 7) is 2.04. The molecule has 1 atom stereocenters. The Balaban J connectivity index is 4.35. The third-order valence-electron chi connectivity index (χ3n) is 1.39. The predicted molar refractivity (Wildman–Crippen MR) is 46.8 cm³/mol. The van der Waals surface area contributed by atoms with Crippen LogP contribution in [0.15, 0.2) is 0 Å². The Labute approximate surface area is 81.2 Å². The van der Waals surface area contributed by atoms with Crippen LogP contribution in [0.2, 0.25) is 0 Å². The molecule has 0 spiro atoms. The van der Waals surface area contributed by atoms with Crippen molar-refractivity contribution in [3.63, 3.8) is 0 Å². The second kappa shape index (κ2) is 5.16. The van der Waals surface area contributed by atoms with E-state index in [9.17, 15) is 9.59 Å². The Morgan fingerprint density at radius 2 is 2.21 bits per heavy atom. The van der Waals surface area contributed by atoms with Gasteiger partial charge in [0.15, 0.2) is 0 Å². The summed E-state index contributed by atoms with van der Waals surface area (Å²) >= 11 is 0. The van der Waals surface area contributed by atoms with E-state index in [2.05, 4.69) is 10.1 Å². The van der Waals surface area contributed by atoms with Crippen LogP contribution in [0, 0.1) is 11.3 Å². The van der Waals surface area contributed by atoms with Gasteiger partial charge in [0.2, 0.25) is 0 Å². The molecule has 0 aromatic rings. The van der Waals surface area contributed by atoms with Crippen molar-refractivity contribution < 1.29 is 14.3 Å². The van der Waals surface area contributed by atoms with Gasteiger partial charge in [0, 0.05) is 13.7 Å². The van der Waals surface area contributed by atoms with Gasteiger partial charge in [-0.15, -0.1) is 0 Å². The van der Waals surface area contributed by atoms with E-state index in [0.717, 1.165) is 7.11 Å². The van der Waals surface area contributed by atoms with E-state index in [1.54, 1.807) is 6.92 Å². The third-order valence-corrected chi connectivity index (χ3v) is 1.39. The number of carbonyl (C=O) groups is 2. The molecule has 0 bridgehead atoms. The number of nitrogens with one attached hydrogen (secondary N) is 2. The number of ether oxygens (including phenoxy) is 1. The summed E-state index contributed by atoms with van der Waals surface area (Å²) in [6.07, 6.45) is 0. The quantitative estimate of drug-likeness (QED) is 0.487. The summed E-state index contributed by atoms with van der Waals surface area (Å²) in [7, 11) is 1.10. The minimum Gasteiger partial charge on any atom is -0.344 e. The fraction of sp³-hybridized carbons (Fsp3) is 0.571. The number of imide groups is 1. The normalized spacial score (nSPS) is 13.6. The van der Waals surface area contributed by atoms with Crippen molar-refractivity contribution in [3.8, 4) is 6.07 Å². The second-order valence-corrected chi connectivity index (χ2v) is 2.37. The van der Waals surface area contributed by atoms with Crippen LogP contribution >= 0.6 is 0 Å². The van der Waals surface area contributed by atoms with Crippen molar-refractivity contribution in [3.05, 3.63) is 0 Å². The zero-order valence-electron chi connectivity index (χ0n) is 7.96. The van der Waals surface area contributed by atoms with Crippen LogP contribution in [0.25, 0.3) is 0 Å². The average molecular weight is 200 g/mol. The molecule has 7 nitrogen and oxygen atoms in total. The van der Waals surface area contributed by atoms with Gasteiger partial charge in [-0.2, -0.15) is 5.26 Å². The zero-order valence-corrected chi connectivity index (χ0v) is 7.96. The number of nitrogens with two attached hydrogens (primary N) is 1. The first-order valence-electron chi connectivity index (χ1n) is 3.84. The summed E-state index contributed by atoms with van der Waals surface area (Å²) in [6, 6.07) is 0.716. The smallest absolute Gasteiger partial charge is 0.321 e. The van der Waals surface area contributed by atoms with Crippen LogP contribution in [0.3, 0.4) is 0 Å². The van der Waals surface area contributed by atoms with Gasteiger partial charge in [-0.25, -0.2) is 4.79 Å². The van der Waals surface area contributed by atoms with E-state index < -0.39 is 17.7 Å². The van der Waals surface area contributed by atoms with Gasteiger partial charge in [0.1, 0.15) is 6.07 Å². The van der Waals surface area contributed by atoms with Crippen molar-refractivity contribution in [2.45, 2.75) is 12.6 Å². The number of rotatable bonds is 3. The van der Waals surface area contributed by atoms with Crippen LogP contribution in [0.5, 0.6) is 0 Å². The van der Waals surface area contributed by atoms with Crippen LogP contribution in [0.4, 0.5) is 4.79 Å². The summed E-state index contributed by atoms with van der Waals surface area (Å²) < 4.78 is 4.45. The molecule has 0 heterocycles. The summed E-state index contributed by atoms with van der Waals surface area (Å²) in [4.78, 5) is 22.0. The molecular formula is C7H12N4O3. The number of amides is 3. The molecule has 78 valence electrons. The number of hydrogen-bond donors (Lipinski definition) is 3. The maximum atomic E-state index is 11.2. The first kappa shape index (κ1) is 12.3. The summed E-state index contributed by atoms with van der Waals surface area (Å²) in [5, 5.41) is 12.7. The van der Waals surface area contributed by atoms with Gasteiger partial charge in [-0.3, -0.25) is 15.8 Å². The largest absolute Gasteiger partial charge is 0.344 e. The number of carbonyl (C=O) groups excluding carboxylic acids is 2. The number of nitriles is 1. The van der Waals surface area contributed by atoms with E-state index >= 15 is 0 Å². The molecule has 0 saturated carbocycles. The Morgan fingerprint density at radius 1 is 1.64 bits per heavy atom. The minimum absolute atomic E-state index is 0.357. The maximum absolute atomic E-state index is 11.2. The van der Waals surface area contributed by atoms with E-state index in [-0.39, 0.29) is 0 Å². The van der Waals surface area contributed by atoms with Gasteiger partial charge in [-0.05, 0) is 6.92 Å². The van der Waals surface area contributed by atoms with Crippen LogP contribution in [-0.2, 0) is 9.53 Å². The van der Waals surface area contributed by atoms with E-state index in [0.29, 0.717) is 6.54 Å². The average Bonchev–Trinajstić information content (AvgIpc) is 2.16. The molecule has 0 saturated heterocycles. The van der Waals surface area contributed by atoms with Gasteiger partial charge < -0.3 is 10.1 Å². The first-order valence-corrected chi connectivity index (χ1v) is 3.84. The third kappa shape index (κ3) is 3.01. The highest BCUT2D eigenvalue weighted by molar-refractivity contribution is 5.99. The number of methoxy groups -OCH3 is 1. The number of urea groups is 1. The molecule has 0 aromatic heterocycles. The number of hydrogen-bond acceptors (Lipinski definition) is 5. The van der Waals surface area contributed by atoms with E-state index in [1.807, 2.05) is 5.32 Å². The highest BCUT2D eigenvalue weighted by Crippen LogP contribution is 1.98. The van der Waals surface area contributed by atoms with Gasteiger partial charge in [0.05, 0.1) is 0 Å². The SMILES string of the molecule is CCNC(=O)NC(=O)C(N)(C#N)OC. The van der Waals surface area contributed by atoms with Crippen LogP contribution < -0.4 is 16.4 Å². The molecule has 0 aliphatic heterocycles. The lowest BCUT2D eigenvalue weighted by Crippen LogP contribution is -2.57. The highest BCUT2D eigenvalue weighted by atomic mass is 16.5. The predicted octanol–water partition coefficient (Wildman–Crippen LogP) is -1.34. The Kier molecular flexibility index (Phi) is 4.55. The van der Waals surface area contributed by atoms with Crippen molar-refractivity contribution in [2.75, 3.05) is 13.7 Å². The molecule has 4 N–H and O–H groups in total. The first-order chi connectivity index (χ1) is 6.50. The second-order valence-electron chi connectivity index (χ2n) is 2.37. The fourth-order valence-corrected chi connectivity index (χ4v) is 0.590. The topological polar surface area (TPSA) is 117 Å². The van der Waals surface area contributed by atoms with Crippen LogP contribution in [-0.4, -0.2) is 31.3 Å². The molecule has 0 fully saturated rings. The zero-order chi connectivity index (χ0) is 11.2. The Bertz CT molecular complexity index is 273. The minimum atomic E-state index is -2.13. The lowest BCUT2D eigenvalue weighted by molar-refractivity contribution is -0.135. The molecule has 0 aliphatic carbocycles. The summed E-state index contributed by atoms with van der Waals surface area (Å²) in [5.74, 6) is -1.01. The Morgan fingerprint density at radius 3 is 2.57 bits per heavy atom. The van der Waals surface area contributed by atoms with Gasteiger partial charge in [0.25, 0.3) is 11.6 Å². The van der Waals surface area contributed by atoms with Crippen molar-refractivity contribution >= 4 is 11.9 Å². The molecule has 1 unspecified atom stereocenters. The van der Waals surface area contributed by atoms with E-state index in [4.69, 9.17) is 11.0 Å². The molecule has 0 rings (SSSR count). The van der Waals surface area contributed by atoms with Gasteiger partial charge >= 0.3 is 6.03 Å². The molecule has 3 amide bonds. The fourth-order valence-electron chi connectivity index (χ4n) is 0.590. The number of nitrogens with zero attached hydrogens (tertiary/aromatic N) is 1. The Hall–Kier alpha value is -1.65. The highest BCUT2D eigenvalue weighted by Gasteiger charge is 2.35. The van der Waals surface area contributed by atoms with E-state index in [1.165, 1.54) is 6.07 Å².